The lowest BCUT2D eigenvalue weighted by atomic mass is 9.88. The van der Waals surface area contributed by atoms with Crippen LogP contribution in [0.3, 0.4) is 0 Å². The Morgan fingerprint density at radius 2 is 1.77 bits per heavy atom. The van der Waals surface area contributed by atoms with Crippen LogP contribution in [0.2, 0.25) is 0 Å². The molecule has 11 heteroatoms. The van der Waals surface area contributed by atoms with Gasteiger partial charge in [-0.25, -0.2) is 9.78 Å². The topological polar surface area (TPSA) is 194 Å². The third-order valence-electron chi connectivity index (χ3n) is 5.99. The number of nitrogens with two attached hydrogens (primary N) is 2. The van der Waals surface area contributed by atoms with Gasteiger partial charge in [-0.3, -0.25) is 9.59 Å². The molecule has 7 N–H and O–H groups in total. The van der Waals surface area contributed by atoms with Crippen molar-refractivity contribution in [3.05, 3.63) is 52.7 Å². The smallest absolute Gasteiger partial charge is 0.326 e. The number of carbonyl (C=O) groups excluding carboxylic acids is 1. The molecule has 0 saturated heterocycles. The number of carbonyl (C=O) groups is 3. The van der Waals surface area contributed by atoms with Gasteiger partial charge in [-0.05, 0) is 60.9 Å². The van der Waals surface area contributed by atoms with E-state index in [2.05, 4.69) is 27.2 Å². The molecule has 0 aliphatic carbocycles. The largest absolute Gasteiger partial charge is 0.481 e. The fraction of sp³-hybridized carbons (Fsp3) is 0.333. The Hall–Kier alpha value is -4.28. The number of pyridine rings is 1. The summed E-state index contributed by atoms with van der Waals surface area (Å²) >= 11 is 0. The van der Waals surface area contributed by atoms with Crippen molar-refractivity contribution in [1.29, 1.82) is 0 Å². The molecule has 0 aliphatic heterocycles. The van der Waals surface area contributed by atoms with Gasteiger partial charge in [-0.1, -0.05) is 19.1 Å². The average Bonchev–Trinajstić information content (AvgIpc) is 2.80. The lowest BCUT2D eigenvalue weighted by molar-refractivity contribution is -0.140. The third kappa shape index (κ3) is 5.99. The summed E-state index contributed by atoms with van der Waals surface area (Å²) in [5.41, 5.74) is 15.4. The molecule has 184 valence electrons. The van der Waals surface area contributed by atoms with Crippen LogP contribution in [0.5, 0.6) is 0 Å². The van der Waals surface area contributed by atoms with Gasteiger partial charge < -0.3 is 27.0 Å². The van der Waals surface area contributed by atoms with Crippen LogP contribution < -0.4 is 16.8 Å². The summed E-state index contributed by atoms with van der Waals surface area (Å²) in [6.07, 6.45) is 2.71. The van der Waals surface area contributed by atoms with Crippen molar-refractivity contribution >= 4 is 40.6 Å². The molecule has 2 heterocycles. The first-order valence-electron chi connectivity index (χ1n) is 11.1. The maximum Gasteiger partial charge on any atom is 0.326 e. The van der Waals surface area contributed by atoms with Crippen LogP contribution >= 0.6 is 0 Å². The quantitative estimate of drug-likeness (QED) is 0.287. The van der Waals surface area contributed by atoms with Crippen LogP contribution in [-0.2, 0) is 16.0 Å². The van der Waals surface area contributed by atoms with E-state index in [4.69, 9.17) is 16.6 Å². The lowest BCUT2D eigenvalue weighted by Crippen LogP contribution is -2.41. The highest BCUT2D eigenvalue weighted by Gasteiger charge is 2.22. The zero-order valence-electron chi connectivity index (χ0n) is 19.5. The van der Waals surface area contributed by atoms with Gasteiger partial charge >= 0.3 is 11.9 Å². The van der Waals surface area contributed by atoms with Crippen LogP contribution in [0.4, 0.5) is 11.8 Å². The molecule has 0 saturated carbocycles. The molecule has 1 aromatic carbocycles. The highest BCUT2D eigenvalue weighted by Crippen LogP contribution is 2.29. The van der Waals surface area contributed by atoms with Gasteiger partial charge in [0.2, 0.25) is 5.95 Å². The second kappa shape index (κ2) is 10.8. The van der Waals surface area contributed by atoms with Crippen molar-refractivity contribution in [2.45, 2.75) is 51.5 Å². The van der Waals surface area contributed by atoms with Crippen molar-refractivity contribution in [3.8, 4) is 0 Å². The van der Waals surface area contributed by atoms with Gasteiger partial charge in [0.1, 0.15) is 11.9 Å². The summed E-state index contributed by atoms with van der Waals surface area (Å²) in [5.74, 6) is -2.51. The molecule has 2 unspecified atom stereocenters. The minimum Gasteiger partial charge on any atom is -0.481 e. The monoisotopic (exact) mass is 480 g/mol. The van der Waals surface area contributed by atoms with Crippen molar-refractivity contribution < 1.29 is 24.6 Å². The highest BCUT2D eigenvalue weighted by atomic mass is 16.4. The number of hydrogen-bond donors (Lipinski definition) is 5. The van der Waals surface area contributed by atoms with Crippen LogP contribution in [0.25, 0.3) is 11.0 Å². The Morgan fingerprint density at radius 1 is 1.09 bits per heavy atom. The van der Waals surface area contributed by atoms with Gasteiger partial charge in [0, 0.05) is 18.2 Å². The van der Waals surface area contributed by atoms with Gasteiger partial charge in [0.05, 0.1) is 5.39 Å². The molecule has 2 aromatic heterocycles. The number of anilines is 2. The number of aromatic nitrogens is 3. The van der Waals surface area contributed by atoms with E-state index >= 15 is 0 Å². The number of carboxylic acid groups (broad SMARTS) is 2. The van der Waals surface area contributed by atoms with E-state index in [9.17, 15) is 19.5 Å². The number of hydrogen-bond acceptors (Lipinski definition) is 8. The first-order chi connectivity index (χ1) is 16.6. The zero-order valence-corrected chi connectivity index (χ0v) is 19.5. The molecule has 0 aliphatic rings. The van der Waals surface area contributed by atoms with E-state index in [1.807, 2.05) is 19.1 Å². The van der Waals surface area contributed by atoms with Gasteiger partial charge in [0.15, 0.2) is 5.65 Å². The number of carboxylic acids is 2. The number of rotatable bonds is 10. The molecule has 0 radical (unpaired) electrons. The van der Waals surface area contributed by atoms with E-state index in [0.717, 1.165) is 23.1 Å². The molecular formula is C24H28N6O5. The van der Waals surface area contributed by atoms with Crippen LogP contribution in [0, 0.1) is 6.92 Å². The summed E-state index contributed by atoms with van der Waals surface area (Å²) in [6, 6.07) is 5.64. The number of aliphatic carboxylic acids is 2. The average molecular weight is 481 g/mol. The lowest BCUT2D eigenvalue weighted by Gasteiger charge is -2.18. The van der Waals surface area contributed by atoms with Crippen LogP contribution in [0.1, 0.15) is 59.2 Å². The molecule has 1 amide bonds. The summed E-state index contributed by atoms with van der Waals surface area (Å²) in [6.45, 7) is 4.01. The van der Waals surface area contributed by atoms with Crippen molar-refractivity contribution in [1.82, 2.24) is 20.3 Å². The fourth-order valence-electron chi connectivity index (χ4n) is 3.98. The Kier molecular flexibility index (Phi) is 7.80. The van der Waals surface area contributed by atoms with E-state index in [-0.39, 0.29) is 36.1 Å². The van der Waals surface area contributed by atoms with Gasteiger partial charge in [-0.15, -0.1) is 0 Å². The van der Waals surface area contributed by atoms with Crippen LogP contribution in [-0.4, -0.2) is 49.1 Å². The number of amides is 1. The fourth-order valence-corrected chi connectivity index (χ4v) is 3.98. The first kappa shape index (κ1) is 25.3. The summed E-state index contributed by atoms with van der Waals surface area (Å²) in [7, 11) is 0. The Bertz CT molecular complexity index is 1260. The predicted octanol–water partition coefficient (Wildman–Crippen LogP) is 2.28. The van der Waals surface area contributed by atoms with Crippen LogP contribution in [0.15, 0.2) is 30.5 Å². The number of aryl methyl sites for hydroxylation is 1. The normalized spacial score (nSPS) is 12.7. The van der Waals surface area contributed by atoms with Crippen molar-refractivity contribution in [2.75, 3.05) is 11.5 Å². The minimum absolute atomic E-state index is 0.0711. The second-order valence-corrected chi connectivity index (χ2v) is 8.30. The van der Waals surface area contributed by atoms with Gasteiger partial charge in [-0.2, -0.15) is 9.97 Å². The van der Waals surface area contributed by atoms with Crippen molar-refractivity contribution in [3.63, 3.8) is 0 Å². The van der Waals surface area contributed by atoms with E-state index in [0.29, 0.717) is 17.5 Å². The number of nitrogens with zero attached hydrogens (tertiary/aromatic N) is 3. The Morgan fingerprint density at radius 3 is 2.37 bits per heavy atom. The predicted molar refractivity (Wildman–Crippen MR) is 130 cm³/mol. The maximum atomic E-state index is 12.5. The molecule has 35 heavy (non-hydrogen) atoms. The highest BCUT2D eigenvalue weighted by molar-refractivity contribution is 5.96. The van der Waals surface area contributed by atoms with E-state index in [1.54, 1.807) is 18.3 Å². The Balaban J connectivity index is 1.76. The number of nitrogen functional groups attached to an aromatic ring is 2. The number of benzene rings is 1. The van der Waals surface area contributed by atoms with Crippen molar-refractivity contribution in [2.24, 2.45) is 0 Å². The standard InChI is InChI=1S/C24H28N6O5/c1-3-13(10-16-11-27-21-19(12(16)2)20(25)29-24(26)30-21)14-4-6-15(7-5-14)22(33)28-17(23(34)35)8-9-18(31)32/h4-7,11,13,17H,3,8-10H2,1-2H3,(H,28,33)(H,31,32)(H,34,35)(H4,25,26,27,29,30). The number of fused-ring (bicyclic) bond motifs is 1. The van der Waals surface area contributed by atoms with Gasteiger partial charge in [0.25, 0.3) is 5.91 Å². The van der Waals surface area contributed by atoms with E-state index < -0.39 is 23.9 Å². The first-order valence-corrected chi connectivity index (χ1v) is 11.1. The molecule has 11 nitrogen and oxygen atoms in total. The van der Waals surface area contributed by atoms with E-state index in [1.165, 1.54) is 0 Å². The molecule has 3 rings (SSSR count). The third-order valence-corrected chi connectivity index (χ3v) is 5.99. The molecule has 3 aromatic rings. The number of nitrogens with one attached hydrogen (secondary N) is 1. The molecule has 0 fully saturated rings. The molecule has 0 spiro atoms. The zero-order chi connectivity index (χ0) is 25.7. The second-order valence-electron chi connectivity index (χ2n) is 8.30. The SMILES string of the molecule is CCC(Cc1cnc2nc(N)nc(N)c2c1C)c1ccc(C(=O)NC(CCC(=O)O)C(=O)O)cc1. The molecule has 0 bridgehead atoms. The molecular weight excluding hydrogens is 452 g/mol. The summed E-state index contributed by atoms with van der Waals surface area (Å²) in [4.78, 5) is 47.2. The summed E-state index contributed by atoms with van der Waals surface area (Å²) in [5, 5.41) is 21.1. The Labute approximate surface area is 201 Å². The molecule has 2 atom stereocenters. The minimum atomic E-state index is -1.28. The summed E-state index contributed by atoms with van der Waals surface area (Å²) < 4.78 is 0. The maximum absolute atomic E-state index is 12.5.